The molecule has 0 N–H and O–H groups in total. The van der Waals surface area contributed by atoms with Crippen molar-refractivity contribution >= 4 is 45.2 Å². The summed E-state index contributed by atoms with van der Waals surface area (Å²) in [5, 5.41) is 3.78. The zero-order chi connectivity index (χ0) is 22.9. The SMILES string of the molecule is CCc1nc2ccc(N3CCN(CC)CC3)cn2c1N(C)c1nc(-c2ccc(Cl)cc2)cs1. The fraction of sp³-hybridized carbons (Fsp3) is 0.360. The Morgan fingerprint density at radius 1 is 1.00 bits per heavy atom. The molecule has 172 valence electrons. The molecule has 0 aliphatic carbocycles. The highest BCUT2D eigenvalue weighted by Gasteiger charge is 2.21. The minimum absolute atomic E-state index is 0.733. The summed E-state index contributed by atoms with van der Waals surface area (Å²) in [6, 6.07) is 12.2. The van der Waals surface area contributed by atoms with Gasteiger partial charge >= 0.3 is 0 Å². The second-order valence-electron chi connectivity index (χ2n) is 8.35. The molecule has 1 aliphatic heterocycles. The van der Waals surface area contributed by atoms with E-state index in [9.17, 15) is 0 Å². The number of piperazine rings is 1. The lowest BCUT2D eigenvalue weighted by atomic mass is 10.2. The molecule has 3 aromatic heterocycles. The second kappa shape index (κ2) is 9.33. The van der Waals surface area contributed by atoms with E-state index in [2.05, 4.69) is 63.7 Å². The third-order valence-electron chi connectivity index (χ3n) is 6.40. The first kappa shape index (κ1) is 22.2. The number of anilines is 3. The lowest BCUT2D eigenvalue weighted by Crippen LogP contribution is -2.46. The van der Waals surface area contributed by atoms with Crippen LogP contribution in [0.5, 0.6) is 0 Å². The predicted octanol–water partition coefficient (Wildman–Crippen LogP) is 5.58. The Morgan fingerprint density at radius 3 is 2.45 bits per heavy atom. The molecule has 0 unspecified atom stereocenters. The third-order valence-corrected chi connectivity index (χ3v) is 7.57. The van der Waals surface area contributed by atoms with Gasteiger partial charge in [0, 0.05) is 55.4 Å². The number of likely N-dealkylation sites (N-methyl/N-ethyl adjacent to an activating group) is 1. The molecule has 0 bridgehead atoms. The van der Waals surface area contributed by atoms with Gasteiger partial charge in [0.1, 0.15) is 11.5 Å². The summed E-state index contributed by atoms with van der Waals surface area (Å²) >= 11 is 7.70. The number of imidazole rings is 1. The first-order valence-corrected chi connectivity index (χ1v) is 12.8. The fourth-order valence-electron chi connectivity index (χ4n) is 4.43. The van der Waals surface area contributed by atoms with Crippen molar-refractivity contribution in [2.45, 2.75) is 20.3 Å². The van der Waals surface area contributed by atoms with E-state index in [0.29, 0.717) is 0 Å². The molecular formula is C25H29ClN6S. The number of aryl methyl sites for hydroxylation is 1. The van der Waals surface area contributed by atoms with Crippen LogP contribution in [-0.4, -0.2) is 59.0 Å². The van der Waals surface area contributed by atoms with Crippen LogP contribution in [0.15, 0.2) is 48.0 Å². The first-order valence-electron chi connectivity index (χ1n) is 11.5. The van der Waals surface area contributed by atoms with Crippen molar-refractivity contribution in [3.8, 4) is 11.3 Å². The Kier molecular flexibility index (Phi) is 6.27. The molecule has 0 atom stereocenters. The molecule has 1 fully saturated rings. The van der Waals surface area contributed by atoms with Gasteiger partial charge in [0.2, 0.25) is 0 Å². The standard InChI is InChI=1S/C25H29ClN6S/c1-4-21-24(29(3)25-28-22(17-33-25)18-6-8-19(26)9-7-18)32-16-20(10-11-23(32)27-21)31-14-12-30(5-2)13-15-31/h6-11,16-17H,4-5,12-15H2,1-3H3. The van der Waals surface area contributed by atoms with E-state index in [-0.39, 0.29) is 0 Å². The van der Waals surface area contributed by atoms with Crippen molar-refractivity contribution in [3.05, 3.63) is 58.7 Å². The smallest absolute Gasteiger partial charge is 0.191 e. The minimum atomic E-state index is 0.733. The van der Waals surface area contributed by atoms with Gasteiger partial charge in [-0.05, 0) is 37.2 Å². The van der Waals surface area contributed by atoms with E-state index in [4.69, 9.17) is 21.6 Å². The van der Waals surface area contributed by atoms with Gasteiger partial charge in [-0.3, -0.25) is 4.40 Å². The van der Waals surface area contributed by atoms with Crippen LogP contribution >= 0.6 is 22.9 Å². The van der Waals surface area contributed by atoms with Gasteiger partial charge in [0.15, 0.2) is 5.13 Å². The Balaban J connectivity index is 1.48. The Bertz CT molecular complexity index is 1240. The number of rotatable bonds is 6. The summed E-state index contributed by atoms with van der Waals surface area (Å²) in [5.41, 5.74) is 5.32. The Labute approximate surface area is 204 Å². The monoisotopic (exact) mass is 480 g/mol. The van der Waals surface area contributed by atoms with Crippen molar-refractivity contribution in [1.82, 2.24) is 19.3 Å². The highest BCUT2D eigenvalue weighted by atomic mass is 35.5. The van der Waals surface area contributed by atoms with Crippen LogP contribution in [0.2, 0.25) is 5.02 Å². The number of pyridine rings is 1. The molecule has 33 heavy (non-hydrogen) atoms. The molecule has 0 amide bonds. The number of thiazole rings is 1. The number of hydrogen-bond acceptors (Lipinski definition) is 6. The van der Waals surface area contributed by atoms with Crippen LogP contribution in [0.25, 0.3) is 16.9 Å². The lowest BCUT2D eigenvalue weighted by Gasteiger charge is -2.35. The molecule has 1 aromatic carbocycles. The van der Waals surface area contributed by atoms with Crippen molar-refractivity contribution in [1.29, 1.82) is 0 Å². The average molecular weight is 481 g/mol. The van der Waals surface area contributed by atoms with Crippen LogP contribution in [-0.2, 0) is 6.42 Å². The first-order chi connectivity index (χ1) is 16.1. The second-order valence-corrected chi connectivity index (χ2v) is 9.63. The molecule has 5 rings (SSSR count). The van der Waals surface area contributed by atoms with Gasteiger partial charge in [-0.15, -0.1) is 11.3 Å². The van der Waals surface area contributed by atoms with Gasteiger partial charge in [-0.2, -0.15) is 0 Å². The van der Waals surface area contributed by atoms with Gasteiger partial charge in [-0.1, -0.05) is 37.6 Å². The summed E-state index contributed by atoms with van der Waals surface area (Å²) in [6.45, 7) is 9.84. The number of fused-ring (bicyclic) bond motifs is 1. The summed E-state index contributed by atoms with van der Waals surface area (Å²) in [6.07, 6.45) is 3.10. The summed E-state index contributed by atoms with van der Waals surface area (Å²) in [5.74, 6) is 1.08. The quantitative estimate of drug-likeness (QED) is 0.360. The zero-order valence-corrected chi connectivity index (χ0v) is 20.9. The van der Waals surface area contributed by atoms with Crippen LogP contribution in [0.1, 0.15) is 19.5 Å². The van der Waals surface area contributed by atoms with Crippen molar-refractivity contribution in [2.24, 2.45) is 0 Å². The van der Waals surface area contributed by atoms with E-state index in [1.165, 1.54) is 5.69 Å². The largest absolute Gasteiger partial charge is 0.368 e. The zero-order valence-electron chi connectivity index (χ0n) is 19.3. The molecule has 1 aliphatic rings. The van der Waals surface area contributed by atoms with E-state index in [0.717, 1.165) is 77.7 Å². The van der Waals surface area contributed by atoms with Crippen LogP contribution in [0.4, 0.5) is 16.6 Å². The summed E-state index contributed by atoms with van der Waals surface area (Å²) in [7, 11) is 2.08. The number of nitrogens with zero attached hydrogens (tertiary/aromatic N) is 6. The lowest BCUT2D eigenvalue weighted by molar-refractivity contribution is 0.271. The maximum atomic E-state index is 6.05. The van der Waals surface area contributed by atoms with Crippen molar-refractivity contribution in [2.75, 3.05) is 49.6 Å². The normalized spacial score (nSPS) is 14.8. The maximum Gasteiger partial charge on any atom is 0.191 e. The summed E-state index contributed by atoms with van der Waals surface area (Å²) in [4.78, 5) is 17.0. The van der Waals surface area contributed by atoms with E-state index >= 15 is 0 Å². The number of benzene rings is 1. The molecule has 0 radical (unpaired) electrons. The summed E-state index contributed by atoms with van der Waals surface area (Å²) < 4.78 is 2.23. The van der Waals surface area contributed by atoms with Gasteiger partial charge < -0.3 is 14.7 Å². The number of hydrogen-bond donors (Lipinski definition) is 0. The van der Waals surface area contributed by atoms with Crippen LogP contribution in [0, 0.1) is 0 Å². The van der Waals surface area contributed by atoms with Crippen LogP contribution in [0.3, 0.4) is 0 Å². The number of aromatic nitrogens is 3. The molecular weight excluding hydrogens is 452 g/mol. The van der Waals surface area contributed by atoms with Crippen molar-refractivity contribution in [3.63, 3.8) is 0 Å². The highest BCUT2D eigenvalue weighted by Crippen LogP contribution is 2.34. The average Bonchev–Trinajstić information content (AvgIpc) is 3.49. The number of halogens is 1. The van der Waals surface area contributed by atoms with Gasteiger partial charge in [0.05, 0.1) is 17.1 Å². The molecule has 4 heterocycles. The molecule has 8 heteroatoms. The Morgan fingerprint density at radius 2 is 1.76 bits per heavy atom. The van der Waals surface area contributed by atoms with Crippen molar-refractivity contribution < 1.29 is 0 Å². The van der Waals surface area contributed by atoms with Gasteiger partial charge in [0.25, 0.3) is 0 Å². The molecule has 0 saturated carbocycles. The molecule has 6 nitrogen and oxygen atoms in total. The van der Waals surface area contributed by atoms with Crippen LogP contribution < -0.4 is 9.80 Å². The topological polar surface area (TPSA) is 39.9 Å². The third kappa shape index (κ3) is 4.33. The minimum Gasteiger partial charge on any atom is -0.368 e. The molecule has 4 aromatic rings. The molecule has 1 saturated heterocycles. The maximum absolute atomic E-state index is 6.05. The van der Waals surface area contributed by atoms with E-state index in [1.807, 2.05) is 24.3 Å². The van der Waals surface area contributed by atoms with Gasteiger partial charge in [-0.25, -0.2) is 9.97 Å². The van der Waals surface area contributed by atoms with E-state index < -0.39 is 0 Å². The van der Waals surface area contributed by atoms with E-state index in [1.54, 1.807) is 11.3 Å². The Hall–Kier alpha value is -2.61. The highest BCUT2D eigenvalue weighted by molar-refractivity contribution is 7.14. The molecule has 0 spiro atoms. The fourth-order valence-corrected chi connectivity index (χ4v) is 5.36. The predicted molar refractivity (Wildman–Crippen MR) is 140 cm³/mol.